The molecule has 7 nitrogen and oxygen atoms in total. The van der Waals surface area contributed by atoms with Gasteiger partial charge in [-0.25, -0.2) is 23.1 Å². The average Bonchev–Trinajstić information content (AvgIpc) is 2.19. The number of rotatable bonds is 6. The fraction of sp³-hybridized carbons (Fsp3) is 0.500. The predicted octanol–water partition coefficient (Wildman–Crippen LogP) is -0.590. The molecule has 0 radical (unpaired) electrons. The Bertz CT molecular complexity index is 417. The summed E-state index contributed by atoms with van der Waals surface area (Å²) < 4.78 is 23.9. The lowest BCUT2D eigenvalue weighted by Gasteiger charge is -2.04. The Morgan fingerprint density at radius 3 is 2.50 bits per heavy atom. The predicted molar refractivity (Wildman–Crippen MR) is 62.4 cm³/mol. The van der Waals surface area contributed by atoms with E-state index < -0.39 is 10.0 Å². The number of nitrogens with zero attached hydrogens (tertiary/aromatic N) is 2. The number of hydrogen-bond acceptors (Lipinski definition) is 6. The number of hydrogen-bond donors (Lipinski definition) is 3. The lowest BCUT2D eigenvalue weighted by atomic mass is 10.4. The summed E-state index contributed by atoms with van der Waals surface area (Å²) in [6, 6.07) is 0. The largest absolute Gasteiger partial charge is 0.396 e. The number of nitrogens with two attached hydrogens (primary N) is 1. The van der Waals surface area contributed by atoms with Gasteiger partial charge in [-0.05, 0) is 6.42 Å². The molecule has 0 spiro atoms. The standard InChI is InChI=1S/C8H15N5O2S/c1-16(14,15)13-4-2-3-10-8-11-5-7(9)6-12-8/h5-6,13H,2-4,9H2,1H3,(H,10,11,12). The van der Waals surface area contributed by atoms with E-state index in [1.807, 2.05) is 0 Å². The van der Waals surface area contributed by atoms with Crippen LogP contribution in [-0.2, 0) is 10.0 Å². The molecule has 0 bridgehead atoms. The van der Waals surface area contributed by atoms with Gasteiger partial charge in [-0.3, -0.25) is 0 Å². The fourth-order valence-electron chi connectivity index (χ4n) is 0.975. The summed E-state index contributed by atoms with van der Waals surface area (Å²) in [7, 11) is -3.10. The van der Waals surface area contributed by atoms with Crippen LogP contribution in [-0.4, -0.2) is 37.7 Å². The smallest absolute Gasteiger partial charge is 0.222 e. The van der Waals surface area contributed by atoms with Crippen LogP contribution in [0.4, 0.5) is 11.6 Å². The quantitative estimate of drug-likeness (QED) is 0.578. The zero-order chi connectivity index (χ0) is 12.0. The van der Waals surface area contributed by atoms with Crippen molar-refractivity contribution in [2.45, 2.75) is 6.42 Å². The summed E-state index contributed by atoms with van der Waals surface area (Å²) in [6.45, 7) is 0.979. The van der Waals surface area contributed by atoms with Gasteiger partial charge in [0.05, 0.1) is 24.3 Å². The van der Waals surface area contributed by atoms with Crippen molar-refractivity contribution >= 4 is 21.7 Å². The number of aromatic nitrogens is 2. The highest BCUT2D eigenvalue weighted by atomic mass is 32.2. The first-order valence-electron chi connectivity index (χ1n) is 4.73. The second-order valence-corrected chi connectivity index (χ2v) is 5.12. The molecular formula is C8H15N5O2S. The van der Waals surface area contributed by atoms with Crippen molar-refractivity contribution in [3.05, 3.63) is 12.4 Å². The zero-order valence-corrected chi connectivity index (χ0v) is 9.79. The van der Waals surface area contributed by atoms with Crippen molar-refractivity contribution in [3.8, 4) is 0 Å². The minimum absolute atomic E-state index is 0.390. The van der Waals surface area contributed by atoms with E-state index in [4.69, 9.17) is 5.73 Å². The van der Waals surface area contributed by atoms with Crippen LogP contribution in [0, 0.1) is 0 Å². The van der Waals surface area contributed by atoms with Gasteiger partial charge in [0.2, 0.25) is 16.0 Å². The maximum absolute atomic E-state index is 10.7. The first-order valence-corrected chi connectivity index (χ1v) is 6.62. The van der Waals surface area contributed by atoms with Crippen LogP contribution in [0.1, 0.15) is 6.42 Å². The molecule has 0 fully saturated rings. The Balaban J connectivity index is 2.19. The average molecular weight is 245 g/mol. The monoisotopic (exact) mass is 245 g/mol. The summed E-state index contributed by atoms with van der Waals surface area (Å²) in [5.74, 6) is 0.480. The number of nitrogens with one attached hydrogen (secondary N) is 2. The minimum atomic E-state index is -3.10. The highest BCUT2D eigenvalue weighted by Crippen LogP contribution is 2.00. The Hall–Kier alpha value is -1.41. The fourth-order valence-corrected chi connectivity index (χ4v) is 1.49. The van der Waals surface area contributed by atoms with Crippen molar-refractivity contribution < 1.29 is 8.42 Å². The molecule has 0 saturated heterocycles. The van der Waals surface area contributed by atoms with Crippen molar-refractivity contribution in [2.24, 2.45) is 0 Å². The van der Waals surface area contributed by atoms with E-state index >= 15 is 0 Å². The van der Waals surface area contributed by atoms with Gasteiger partial charge in [0.1, 0.15) is 0 Å². The maximum Gasteiger partial charge on any atom is 0.222 e. The van der Waals surface area contributed by atoms with E-state index in [1.165, 1.54) is 12.4 Å². The third-order valence-corrected chi connectivity index (χ3v) is 2.40. The van der Waals surface area contributed by atoms with Crippen molar-refractivity contribution in [1.82, 2.24) is 14.7 Å². The first kappa shape index (κ1) is 12.7. The Labute approximate surface area is 94.5 Å². The molecule has 0 amide bonds. The third-order valence-electron chi connectivity index (χ3n) is 1.67. The molecule has 0 aliphatic carbocycles. The van der Waals surface area contributed by atoms with Gasteiger partial charge in [0.15, 0.2) is 0 Å². The van der Waals surface area contributed by atoms with E-state index in [9.17, 15) is 8.42 Å². The van der Waals surface area contributed by atoms with Crippen LogP contribution < -0.4 is 15.8 Å². The van der Waals surface area contributed by atoms with Crippen LogP contribution in [0.25, 0.3) is 0 Å². The minimum Gasteiger partial charge on any atom is -0.396 e. The lowest BCUT2D eigenvalue weighted by Crippen LogP contribution is -2.24. The number of sulfonamides is 1. The van der Waals surface area contributed by atoms with Gasteiger partial charge in [-0.15, -0.1) is 0 Å². The van der Waals surface area contributed by atoms with E-state index in [0.717, 1.165) is 6.26 Å². The molecule has 0 aliphatic heterocycles. The van der Waals surface area contributed by atoms with Gasteiger partial charge in [-0.2, -0.15) is 0 Å². The van der Waals surface area contributed by atoms with E-state index in [2.05, 4.69) is 20.0 Å². The van der Waals surface area contributed by atoms with E-state index in [-0.39, 0.29) is 0 Å². The molecule has 4 N–H and O–H groups in total. The second kappa shape index (κ2) is 5.61. The van der Waals surface area contributed by atoms with Crippen molar-refractivity contribution in [1.29, 1.82) is 0 Å². The summed E-state index contributed by atoms with van der Waals surface area (Å²) in [5, 5.41) is 2.95. The third kappa shape index (κ3) is 5.47. The van der Waals surface area contributed by atoms with Crippen LogP contribution in [0.15, 0.2) is 12.4 Å². The van der Waals surface area contributed by atoms with Crippen LogP contribution in [0.5, 0.6) is 0 Å². The summed E-state index contributed by atoms with van der Waals surface area (Å²) in [5.41, 5.74) is 5.93. The highest BCUT2D eigenvalue weighted by molar-refractivity contribution is 7.88. The van der Waals surface area contributed by atoms with Gasteiger partial charge in [0, 0.05) is 13.1 Å². The number of nitrogen functional groups attached to an aromatic ring is 1. The van der Waals surface area contributed by atoms with Crippen LogP contribution in [0.2, 0.25) is 0 Å². The van der Waals surface area contributed by atoms with Crippen molar-refractivity contribution in [3.63, 3.8) is 0 Å². The molecule has 1 rings (SSSR count). The van der Waals surface area contributed by atoms with Crippen molar-refractivity contribution in [2.75, 3.05) is 30.4 Å². The van der Waals surface area contributed by atoms with Gasteiger partial charge < -0.3 is 11.1 Å². The molecule has 90 valence electrons. The Morgan fingerprint density at radius 1 is 1.31 bits per heavy atom. The molecule has 0 unspecified atom stereocenters. The molecule has 0 aromatic carbocycles. The molecule has 1 aromatic rings. The molecular weight excluding hydrogens is 230 g/mol. The Morgan fingerprint density at radius 2 is 1.94 bits per heavy atom. The molecule has 16 heavy (non-hydrogen) atoms. The molecule has 1 heterocycles. The molecule has 0 aliphatic rings. The highest BCUT2D eigenvalue weighted by Gasteiger charge is 1.99. The van der Waals surface area contributed by atoms with Gasteiger partial charge in [-0.1, -0.05) is 0 Å². The molecule has 0 saturated carbocycles. The normalized spacial score (nSPS) is 11.3. The van der Waals surface area contributed by atoms with Crippen LogP contribution >= 0.6 is 0 Å². The maximum atomic E-state index is 10.7. The molecule has 8 heteroatoms. The SMILES string of the molecule is CS(=O)(=O)NCCCNc1ncc(N)cn1. The lowest BCUT2D eigenvalue weighted by molar-refractivity contribution is 0.586. The topological polar surface area (TPSA) is 110 Å². The summed E-state index contributed by atoms with van der Waals surface area (Å²) in [6.07, 6.45) is 4.79. The summed E-state index contributed by atoms with van der Waals surface area (Å²) >= 11 is 0. The van der Waals surface area contributed by atoms with Crippen LogP contribution in [0.3, 0.4) is 0 Å². The van der Waals surface area contributed by atoms with E-state index in [0.29, 0.717) is 31.1 Å². The number of anilines is 2. The summed E-state index contributed by atoms with van der Waals surface area (Å²) in [4.78, 5) is 7.88. The zero-order valence-electron chi connectivity index (χ0n) is 8.97. The second-order valence-electron chi connectivity index (χ2n) is 3.29. The Kier molecular flexibility index (Phi) is 4.44. The van der Waals surface area contributed by atoms with E-state index in [1.54, 1.807) is 0 Å². The first-order chi connectivity index (χ1) is 7.47. The van der Waals surface area contributed by atoms with Gasteiger partial charge >= 0.3 is 0 Å². The van der Waals surface area contributed by atoms with Gasteiger partial charge in [0.25, 0.3) is 0 Å². The molecule has 0 atom stereocenters. The molecule has 1 aromatic heterocycles.